The lowest BCUT2D eigenvalue weighted by Crippen LogP contribution is -2.61. The molecular weight excluding hydrogens is 1020 g/mol. The quantitative estimate of drug-likeness (QED) is 0.163. The van der Waals surface area contributed by atoms with Gasteiger partial charge in [0.05, 0.1) is 11.2 Å². The van der Waals surface area contributed by atoms with Gasteiger partial charge in [-0.15, -0.1) is 11.3 Å². The van der Waals surface area contributed by atoms with E-state index in [4.69, 9.17) is 0 Å². The number of fused-ring (bicyclic) bond motifs is 12. The van der Waals surface area contributed by atoms with Gasteiger partial charge in [0.25, 0.3) is 6.71 Å². The molecule has 0 amide bonds. The van der Waals surface area contributed by atoms with Crippen molar-refractivity contribution in [2.24, 2.45) is 0 Å². The summed E-state index contributed by atoms with van der Waals surface area (Å²) in [5, 5.41) is 1.42. The van der Waals surface area contributed by atoms with Crippen LogP contribution < -0.4 is 30.4 Å². The van der Waals surface area contributed by atoms with Crippen LogP contribution in [0.2, 0.25) is 0 Å². The first-order chi connectivity index (χ1) is 38.6. The number of benzene rings is 6. The second-order valence-electron chi connectivity index (χ2n) is 34.1. The van der Waals surface area contributed by atoms with Crippen molar-refractivity contribution in [2.75, 3.05) is 14.7 Å². The molecule has 2 atom stereocenters. The Morgan fingerprint density at radius 3 is 1.51 bits per heavy atom. The average molecular weight is 1120 g/mol. The van der Waals surface area contributed by atoms with Crippen LogP contribution in [0.25, 0.3) is 10.1 Å². The SMILES string of the molecule is CC(C)(C)c1cc(N2c3cc4c(cc3B3c5sc6cc7c(cc6c5N(c5ccc6c(c5)C(C)(C)CCC6(C)C)c5cc(N6c8ccccc8C8(C)CCCCC68C)cc2c53)C(C)(C)CCC7(C)C)C(C)(C)CCC4(C)C)cc(C(C)(C)C)c1. The minimum Gasteiger partial charge on any atom is -0.334 e. The number of hydrogen-bond acceptors (Lipinski definition) is 4. The summed E-state index contributed by atoms with van der Waals surface area (Å²) < 4.78 is 2.91. The number of nitrogens with zero attached hydrogens (tertiary/aromatic N) is 3. The van der Waals surface area contributed by atoms with E-state index in [9.17, 15) is 0 Å². The van der Waals surface area contributed by atoms with Gasteiger partial charge in [-0.2, -0.15) is 0 Å². The van der Waals surface area contributed by atoms with Crippen LogP contribution in [0.15, 0.2) is 97.1 Å². The third-order valence-electron chi connectivity index (χ3n) is 23.9. The monoisotopic (exact) mass is 1120 g/mol. The van der Waals surface area contributed by atoms with E-state index in [1.165, 1.54) is 174 Å². The van der Waals surface area contributed by atoms with Gasteiger partial charge < -0.3 is 14.7 Å². The van der Waals surface area contributed by atoms with Crippen LogP contribution in [0, 0.1) is 0 Å². The highest BCUT2D eigenvalue weighted by Crippen LogP contribution is 2.63. The van der Waals surface area contributed by atoms with Crippen LogP contribution in [-0.4, -0.2) is 12.3 Å². The maximum atomic E-state index is 2.88. The second-order valence-corrected chi connectivity index (χ2v) is 35.2. The molecular formula is C78H96BN3S. The highest BCUT2D eigenvalue weighted by atomic mass is 32.1. The lowest BCUT2D eigenvalue weighted by Gasteiger charge is -2.51. The molecule has 432 valence electrons. The van der Waals surface area contributed by atoms with Crippen LogP contribution in [0.3, 0.4) is 0 Å². The summed E-state index contributed by atoms with van der Waals surface area (Å²) in [6, 6.07) is 41.4. The zero-order valence-corrected chi connectivity index (χ0v) is 55.5. The zero-order chi connectivity index (χ0) is 59.1. The predicted molar refractivity (Wildman–Crippen MR) is 362 cm³/mol. The van der Waals surface area contributed by atoms with Crippen LogP contribution in [-0.2, 0) is 48.7 Å². The minimum atomic E-state index is -0.133. The van der Waals surface area contributed by atoms with Crippen molar-refractivity contribution in [3.8, 4) is 0 Å². The van der Waals surface area contributed by atoms with Gasteiger partial charge in [-0.3, -0.25) is 0 Å². The van der Waals surface area contributed by atoms with Gasteiger partial charge in [0.2, 0.25) is 0 Å². The first-order valence-electron chi connectivity index (χ1n) is 32.4. The molecule has 0 saturated heterocycles. The Morgan fingerprint density at radius 2 is 0.916 bits per heavy atom. The Bertz CT molecular complexity index is 3890. The van der Waals surface area contributed by atoms with Gasteiger partial charge in [-0.1, -0.05) is 181 Å². The van der Waals surface area contributed by atoms with E-state index in [2.05, 4.69) is 262 Å². The summed E-state index contributed by atoms with van der Waals surface area (Å²) in [7, 11) is 0. The van der Waals surface area contributed by atoms with Crippen LogP contribution >= 0.6 is 11.3 Å². The van der Waals surface area contributed by atoms with E-state index >= 15 is 0 Å². The summed E-state index contributed by atoms with van der Waals surface area (Å²) >= 11 is 2.11. The maximum absolute atomic E-state index is 2.88. The molecule has 7 aromatic rings. The largest absolute Gasteiger partial charge is 0.334 e. The smallest absolute Gasteiger partial charge is 0.264 e. The van der Waals surface area contributed by atoms with Crippen molar-refractivity contribution >= 4 is 89.3 Å². The normalized spacial score (nSPS) is 24.5. The summed E-state index contributed by atoms with van der Waals surface area (Å²) in [6.45, 7) is 50.0. The minimum absolute atomic E-state index is 0.00311. The van der Waals surface area contributed by atoms with Crippen molar-refractivity contribution in [3.63, 3.8) is 0 Å². The topological polar surface area (TPSA) is 9.72 Å². The van der Waals surface area contributed by atoms with E-state index in [1.807, 2.05) is 0 Å². The van der Waals surface area contributed by atoms with Gasteiger partial charge in [0, 0.05) is 60.1 Å². The fourth-order valence-electron chi connectivity index (χ4n) is 17.7. The molecule has 4 aliphatic carbocycles. The Morgan fingerprint density at radius 1 is 0.410 bits per heavy atom. The molecule has 83 heavy (non-hydrogen) atoms. The summed E-state index contributed by atoms with van der Waals surface area (Å²) in [5.41, 5.74) is 27.0. The van der Waals surface area contributed by atoms with Crippen LogP contribution in [0.1, 0.15) is 253 Å². The molecule has 3 nitrogen and oxygen atoms in total. The van der Waals surface area contributed by atoms with Crippen LogP contribution in [0.4, 0.5) is 45.5 Å². The lowest BCUT2D eigenvalue weighted by molar-refractivity contribution is 0.195. The maximum Gasteiger partial charge on any atom is 0.264 e. The van der Waals surface area contributed by atoms with E-state index in [0.29, 0.717) is 0 Å². The molecule has 4 heterocycles. The molecule has 0 spiro atoms. The number of thiophene rings is 1. The summed E-state index contributed by atoms with van der Waals surface area (Å²) in [4.78, 5) is 8.55. The highest BCUT2D eigenvalue weighted by molar-refractivity contribution is 7.33. The van der Waals surface area contributed by atoms with E-state index in [0.717, 1.165) is 6.42 Å². The molecule has 5 heteroatoms. The Kier molecular flexibility index (Phi) is 11.6. The molecule has 1 aromatic heterocycles. The third-order valence-corrected chi connectivity index (χ3v) is 25.1. The molecule has 0 bridgehead atoms. The molecule has 0 N–H and O–H groups in total. The average Bonchev–Trinajstić information content (AvgIpc) is 1.75. The van der Waals surface area contributed by atoms with E-state index in [1.54, 1.807) is 5.56 Å². The van der Waals surface area contributed by atoms with E-state index < -0.39 is 0 Å². The van der Waals surface area contributed by atoms with E-state index in [-0.39, 0.29) is 61.0 Å². The highest BCUT2D eigenvalue weighted by Gasteiger charge is 2.59. The standard InChI is InChI=1S/C78H96BN3S/c1-69(2,3)47-37-48(70(4,5)6)39-50(38-47)80-62-45-58-57(74(13,14)34-35-75(58,15)16)44-60(62)79-66-63(80)41-51(82-61-26-22-21-25-54(61)77(19)29-23-24-30-78(77,82)20)42-64(66)81(49-27-28-53-55(40-49)72(9,10)32-31-71(53,7)8)67-52-43-56-59(46-65(52)83-68(67)79)76(17,18)36-33-73(56,11)12/h21-22,25-28,37-46H,23-24,29-36H2,1-20H3. The zero-order valence-electron chi connectivity index (χ0n) is 54.6. The van der Waals surface area contributed by atoms with Gasteiger partial charge in [0.1, 0.15) is 0 Å². The molecule has 6 aromatic carbocycles. The Labute approximate surface area is 505 Å². The first-order valence-corrected chi connectivity index (χ1v) is 33.2. The lowest BCUT2D eigenvalue weighted by atomic mass is 9.35. The van der Waals surface area contributed by atoms with Crippen LogP contribution in [0.5, 0.6) is 0 Å². The van der Waals surface area contributed by atoms with Crippen molar-refractivity contribution in [2.45, 2.75) is 257 Å². The molecule has 0 radical (unpaired) electrons. The molecule has 3 aliphatic heterocycles. The third kappa shape index (κ3) is 7.85. The Balaban J connectivity index is 1.18. The van der Waals surface area contributed by atoms with Crippen molar-refractivity contribution < 1.29 is 0 Å². The molecule has 1 saturated carbocycles. The van der Waals surface area contributed by atoms with Crippen molar-refractivity contribution in [1.82, 2.24) is 0 Å². The molecule has 1 fully saturated rings. The molecule has 7 aliphatic rings. The molecule has 2 unspecified atom stereocenters. The van der Waals surface area contributed by atoms with Gasteiger partial charge in [-0.05, 0) is 223 Å². The number of para-hydroxylation sites is 1. The first kappa shape index (κ1) is 55.6. The van der Waals surface area contributed by atoms with Crippen molar-refractivity contribution in [3.05, 3.63) is 147 Å². The van der Waals surface area contributed by atoms with Gasteiger partial charge in [-0.25, -0.2) is 0 Å². The van der Waals surface area contributed by atoms with Crippen molar-refractivity contribution in [1.29, 1.82) is 0 Å². The molecule has 14 rings (SSSR count). The predicted octanol–water partition coefficient (Wildman–Crippen LogP) is 20.4. The number of anilines is 8. The van der Waals surface area contributed by atoms with Gasteiger partial charge in [0.15, 0.2) is 0 Å². The fraction of sp³-hybridized carbons (Fsp3) is 0.513. The fourth-order valence-corrected chi connectivity index (χ4v) is 19.0. The summed E-state index contributed by atoms with van der Waals surface area (Å²) in [6.07, 6.45) is 11.9. The Hall–Kier alpha value is -5.26. The van der Waals surface area contributed by atoms with Gasteiger partial charge >= 0.3 is 0 Å². The summed E-state index contributed by atoms with van der Waals surface area (Å²) in [5.74, 6) is 0. The number of hydrogen-bond donors (Lipinski definition) is 0. The second kappa shape index (κ2) is 17.3. The number of rotatable bonds is 3.